The van der Waals surface area contributed by atoms with Gasteiger partial charge in [0.05, 0.1) is 5.02 Å². The molecule has 0 atom stereocenters. The fraction of sp³-hybridized carbons (Fsp3) is 0.214. The summed E-state index contributed by atoms with van der Waals surface area (Å²) in [6, 6.07) is 7.26. The van der Waals surface area contributed by atoms with Crippen LogP contribution >= 0.6 is 11.6 Å². The minimum absolute atomic E-state index is 0.0510. The number of hydrogen-bond acceptors (Lipinski definition) is 3. The van der Waals surface area contributed by atoms with Gasteiger partial charge in [-0.25, -0.2) is 12.8 Å². The molecule has 1 aromatic heterocycles. The average molecular weight is 329 g/mol. The molecule has 0 bridgehead atoms. The molecule has 0 saturated heterocycles. The van der Waals surface area contributed by atoms with E-state index in [1.54, 1.807) is 19.1 Å². The molecule has 0 unspecified atom stereocenters. The molecule has 0 fully saturated rings. The van der Waals surface area contributed by atoms with E-state index in [1.807, 2.05) is 0 Å². The molecule has 21 heavy (non-hydrogen) atoms. The molecular formula is C14H14ClFN2O2S. The first-order valence-corrected chi connectivity index (χ1v) is 8.11. The van der Waals surface area contributed by atoms with Gasteiger partial charge in [0.25, 0.3) is 0 Å². The maximum atomic E-state index is 13.2. The van der Waals surface area contributed by atoms with Crippen molar-refractivity contribution < 1.29 is 12.8 Å². The van der Waals surface area contributed by atoms with Crippen LogP contribution in [0.5, 0.6) is 0 Å². The van der Waals surface area contributed by atoms with E-state index < -0.39 is 15.8 Å². The first-order valence-electron chi connectivity index (χ1n) is 6.29. The molecule has 4 nitrogen and oxygen atoms in total. The summed E-state index contributed by atoms with van der Waals surface area (Å²) in [7, 11) is -3.78. The molecule has 1 heterocycles. The fourth-order valence-corrected chi connectivity index (χ4v) is 3.74. The quantitative estimate of drug-likeness (QED) is 0.847. The first-order chi connectivity index (χ1) is 9.95. The first kappa shape index (κ1) is 15.9. The fourth-order valence-electron chi connectivity index (χ4n) is 1.90. The number of nitrogens with zero attached hydrogens (tertiary/aromatic N) is 2. The molecule has 0 aliphatic rings. The van der Waals surface area contributed by atoms with Crippen molar-refractivity contribution in [2.24, 2.45) is 0 Å². The van der Waals surface area contributed by atoms with Crippen molar-refractivity contribution in [3.63, 3.8) is 0 Å². The van der Waals surface area contributed by atoms with Gasteiger partial charge in [-0.05, 0) is 23.8 Å². The maximum Gasteiger partial charge on any atom is 0.246 e. The highest BCUT2D eigenvalue weighted by atomic mass is 35.5. The Morgan fingerprint density at radius 3 is 2.71 bits per heavy atom. The molecule has 7 heteroatoms. The van der Waals surface area contributed by atoms with E-state index in [0.717, 1.165) is 0 Å². The van der Waals surface area contributed by atoms with E-state index in [0.29, 0.717) is 5.56 Å². The van der Waals surface area contributed by atoms with Gasteiger partial charge < -0.3 is 0 Å². The Bertz CT molecular complexity index is 737. The monoisotopic (exact) mass is 328 g/mol. The van der Waals surface area contributed by atoms with Gasteiger partial charge in [0.1, 0.15) is 10.7 Å². The number of hydrogen-bond donors (Lipinski definition) is 0. The largest absolute Gasteiger partial charge is 0.263 e. The van der Waals surface area contributed by atoms with Gasteiger partial charge >= 0.3 is 0 Å². The van der Waals surface area contributed by atoms with Crippen LogP contribution in [0.2, 0.25) is 5.02 Å². The summed E-state index contributed by atoms with van der Waals surface area (Å²) in [5, 5.41) is 0.114. The molecule has 112 valence electrons. The van der Waals surface area contributed by atoms with Crippen LogP contribution in [0.3, 0.4) is 0 Å². The summed E-state index contributed by atoms with van der Waals surface area (Å²) in [4.78, 5) is 3.75. The standard InChI is InChI=1S/C14H14ClFN2O2S/c1-2-18(10-11-4-3-5-12(16)8-11)21(19,20)14-9-17-7-6-13(14)15/h3-9H,2,10H2,1H3. The third-order valence-electron chi connectivity index (χ3n) is 2.95. The number of sulfonamides is 1. The van der Waals surface area contributed by atoms with Crippen molar-refractivity contribution >= 4 is 21.6 Å². The Morgan fingerprint density at radius 1 is 1.33 bits per heavy atom. The number of pyridine rings is 1. The molecule has 0 spiro atoms. The lowest BCUT2D eigenvalue weighted by Crippen LogP contribution is -2.30. The van der Waals surface area contributed by atoms with Crippen LogP contribution in [0, 0.1) is 5.82 Å². The Hall–Kier alpha value is -1.50. The third-order valence-corrected chi connectivity index (χ3v) is 5.34. The summed E-state index contributed by atoms with van der Waals surface area (Å²) in [5.41, 5.74) is 0.570. The highest BCUT2D eigenvalue weighted by Gasteiger charge is 2.25. The summed E-state index contributed by atoms with van der Waals surface area (Å²) in [5.74, 6) is -0.402. The average Bonchev–Trinajstić information content (AvgIpc) is 2.45. The van der Waals surface area contributed by atoms with Crippen molar-refractivity contribution in [2.45, 2.75) is 18.4 Å². The second kappa shape index (κ2) is 6.51. The molecular weight excluding hydrogens is 315 g/mol. The lowest BCUT2D eigenvalue weighted by atomic mass is 10.2. The van der Waals surface area contributed by atoms with Gasteiger partial charge in [-0.15, -0.1) is 0 Å². The Morgan fingerprint density at radius 2 is 2.10 bits per heavy atom. The summed E-state index contributed by atoms with van der Waals surface area (Å²) < 4.78 is 39.6. The zero-order valence-electron chi connectivity index (χ0n) is 11.3. The van der Waals surface area contributed by atoms with E-state index in [2.05, 4.69) is 4.98 Å². The smallest absolute Gasteiger partial charge is 0.246 e. The van der Waals surface area contributed by atoms with Crippen LogP contribution in [-0.4, -0.2) is 24.3 Å². The van der Waals surface area contributed by atoms with E-state index in [4.69, 9.17) is 11.6 Å². The van der Waals surface area contributed by atoms with Crippen LogP contribution < -0.4 is 0 Å². The second-order valence-electron chi connectivity index (χ2n) is 4.37. The van der Waals surface area contributed by atoms with Crippen molar-refractivity contribution in [1.29, 1.82) is 0 Å². The van der Waals surface area contributed by atoms with Crippen LogP contribution in [-0.2, 0) is 16.6 Å². The third kappa shape index (κ3) is 3.58. The summed E-state index contributed by atoms with van der Waals surface area (Å²) in [6.07, 6.45) is 2.64. The molecule has 1 aromatic carbocycles. The normalized spacial score (nSPS) is 11.8. The lowest BCUT2D eigenvalue weighted by Gasteiger charge is -2.21. The molecule has 2 rings (SSSR count). The number of rotatable bonds is 5. The second-order valence-corrected chi connectivity index (χ2v) is 6.68. The van der Waals surface area contributed by atoms with E-state index in [1.165, 1.54) is 34.9 Å². The summed E-state index contributed by atoms with van der Waals surface area (Å²) >= 11 is 5.93. The SMILES string of the molecule is CCN(Cc1cccc(F)c1)S(=O)(=O)c1cnccc1Cl. The van der Waals surface area contributed by atoms with E-state index in [-0.39, 0.29) is 23.0 Å². The van der Waals surface area contributed by atoms with Crippen molar-refractivity contribution in [2.75, 3.05) is 6.54 Å². The predicted octanol–water partition coefficient (Wildman–Crippen LogP) is 3.08. The lowest BCUT2D eigenvalue weighted by molar-refractivity contribution is 0.422. The van der Waals surface area contributed by atoms with Gasteiger partial charge in [-0.1, -0.05) is 30.7 Å². The number of aromatic nitrogens is 1. The van der Waals surface area contributed by atoms with Crippen LogP contribution in [0.1, 0.15) is 12.5 Å². The van der Waals surface area contributed by atoms with E-state index >= 15 is 0 Å². The molecule has 0 aliphatic carbocycles. The molecule has 0 saturated carbocycles. The predicted molar refractivity (Wildman–Crippen MR) is 78.9 cm³/mol. The zero-order chi connectivity index (χ0) is 15.5. The van der Waals surface area contributed by atoms with Gasteiger partial charge in [0, 0.05) is 25.5 Å². The Balaban J connectivity index is 2.35. The zero-order valence-corrected chi connectivity index (χ0v) is 12.9. The molecule has 0 N–H and O–H groups in total. The molecule has 0 aliphatic heterocycles. The van der Waals surface area contributed by atoms with Crippen LogP contribution in [0.25, 0.3) is 0 Å². The van der Waals surface area contributed by atoms with Crippen LogP contribution in [0.15, 0.2) is 47.6 Å². The van der Waals surface area contributed by atoms with E-state index in [9.17, 15) is 12.8 Å². The van der Waals surface area contributed by atoms with Gasteiger partial charge in [-0.3, -0.25) is 4.98 Å². The van der Waals surface area contributed by atoms with Crippen molar-refractivity contribution in [3.8, 4) is 0 Å². The van der Waals surface area contributed by atoms with Gasteiger partial charge in [-0.2, -0.15) is 4.31 Å². The number of benzene rings is 1. The highest BCUT2D eigenvalue weighted by Crippen LogP contribution is 2.24. The molecule has 2 aromatic rings. The Kier molecular flexibility index (Phi) is 4.92. The molecule has 0 amide bonds. The van der Waals surface area contributed by atoms with Gasteiger partial charge in [0.15, 0.2) is 0 Å². The highest BCUT2D eigenvalue weighted by molar-refractivity contribution is 7.89. The summed E-state index contributed by atoms with van der Waals surface area (Å²) in [6.45, 7) is 2.02. The minimum atomic E-state index is -3.78. The molecule has 0 radical (unpaired) electrons. The van der Waals surface area contributed by atoms with Gasteiger partial charge in [0.2, 0.25) is 10.0 Å². The maximum absolute atomic E-state index is 13.2. The topological polar surface area (TPSA) is 50.3 Å². The van der Waals surface area contributed by atoms with Crippen LogP contribution in [0.4, 0.5) is 4.39 Å². The Labute approximate surface area is 128 Å². The van der Waals surface area contributed by atoms with Crippen molar-refractivity contribution in [3.05, 3.63) is 59.1 Å². The number of halogens is 2. The van der Waals surface area contributed by atoms with Crippen molar-refractivity contribution in [1.82, 2.24) is 9.29 Å². The minimum Gasteiger partial charge on any atom is -0.263 e.